The molecule has 0 radical (unpaired) electrons. The first-order valence-corrected chi connectivity index (χ1v) is 19.7. The topological polar surface area (TPSA) is 29.5 Å². The van der Waals surface area contributed by atoms with Crippen molar-refractivity contribution in [1.82, 2.24) is 0 Å². The molecule has 0 spiro atoms. The standard InChI is InChI=1S/C52H31NO2S/c1-2-11-32(12-3-1)33-21-23-34(24-22-33)53(35-25-27-39-38-14-6-8-18-45(38)54-46(39)29-35)36-26-28-42-47(30-36)55-48-31-44(37-13-4-5-15-40(37)51(42)48)41-17-10-20-50-52(41)43-16-7-9-19-49(43)56-50/h1-31H. The Kier molecular flexibility index (Phi) is 6.80. The fourth-order valence-electron chi connectivity index (χ4n) is 8.72. The fourth-order valence-corrected chi connectivity index (χ4v) is 9.86. The van der Waals surface area contributed by atoms with Gasteiger partial charge in [-0.3, -0.25) is 0 Å². The Morgan fingerprint density at radius 3 is 1.73 bits per heavy atom. The van der Waals surface area contributed by atoms with E-state index in [9.17, 15) is 0 Å². The highest BCUT2D eigenvalue weighted by Crippen LogP contribution is 2.47. The molecule has 12 rings (SSSR count). The second kappa shape index (κ2) is 12.2. The van der Waals surface area contributed by atoms with Crippen molar-refractivity contribution in [3.8, 4) is 22.3 Å². The summed E-state index contributed by atoms with van der Waals surface area (Å²) in [7, 11) is 0. The molecular weight excluding hydrogens is 703 g/mol. The highest BCUT2D eigenvalue weighted by atomic mass is 32.1. The molecule has 0 aliphatic carbocycles. The maximum Gasteiger partial charge on any atom is 0.137 e. The van der Waals surface area contributed by atoms with Gasteiger partial charge in [0.2, 0.25) is 0 Å². The number of hydrogen-bond acceptors (Lipinski definition) is 4. The molecule has 0 amide bonds. The SMILES string of the molecule is c1ccc(-c2ccc(N(c3ccc4c(c3)oc3ccccc34)c3ccc4c(c3)oc3cc(-c5cccc6sc7ccccc7c56)c5ccccc5c34)cc2)cc1. The molecule has 3 nitrogen and oxygen atoms in total. The summed E-state index contributed by atoms with van der Waals surface area (Å²) < 4.78 is 15.9. The zero-order chi connectivity index (χ0) is 36.7. The highest BCUT2D eigenvalue weighted by Gasteiger charge is 2.21. The van der Waals surface area contributed by atoms with Gasteiger partial charge in [0.15, 0.2) is 0 Å². The smallest absolute Gasteiger partial charge is 0.137 e. The van der Waals surface area contributed by atoms with Crippen LogP contribution in [0.3, 0.4) is 0 Å². The van der Waals surface area contributed by atoms with Crippen molar-refractivity contribution in [3.63, 3.8) is 0 Å². The predicted molar refractivity (Wildman–Crippen MR) is 237 cm³/mol. The molecule has 0 saturated heterocycles. The molecule has 12 aromatic rings. The van der Waals surface area contributed by atoms with Crippen LogP contribution >= 0.6 is 11.3 Å². The van der Waals surface area contributed by atoms with Crippen LogP contribution in [0.25, 0.3) is 97.1 Å². The summed E-state index contributed by atoms with van der Waals surface area (Å²) in [5.41, 5.74) is 11.3. The lowest BCUT2D eigenvalue weighted by Gasteiger charge is -2.25. The molecule has 9 aromatic carbocycles. The Bertz CT molecular complexity index is 3480. The van der Waals surface area contributed by atoms with Crippen molar-refractivity contribution in [2.45, 2.75) is 0 Å². The van der Waals surface area contributed by atoms with E-state index in [1.54, 1.807) is 0 Å². The second-order valence-corrected chi connectivity index (χ2v) is 15.5. The summed E-state index contributed by atoms with van der Waals surface area (Å²) in [6, 6.07) is 67.1. The van der Waals surface area contributed by atoms with Crippen molar-refractivity contribution in [3.05, 3.63) is 188 Å². The highest BCUT2D eigenvalue weighted by molar-refractivity contribution is 7.25. The van der Waals surface area contributed by atoms with E-state index >= 15 is 0 Å². The maximum absolute atomic E-state index is 6.91. The lowest BCUT2D eigenvalue weighted by Crippen LogP contribution is -2.09. The number of benzene rings is 9. The van der Waals surface area contributed by atoms with Gasteiger partial charge >= 0.3 is 0 Å². The number of nitrogens with zero attached hydrogens (tertiary/aromatic N) is 1. The number of thiophene rings is 1. The summed E-state index contributed by atoms with van der Waals surface area (Å²) in [6.07, 6.45) is 0. The van der Waals surface area contributed by atoms with Crippen LogP contribution in [0.4, 0.5) is 17.1 Å². The monoisotopic (exact) mass is 733 g/mol. The van der Waals surface area contributed by atoms with Gasteiger partial charge in [-0.1, -0.05) is 115 Å². The van der Waals surface area contributed by atoms with Crippen molar-refractivity contribution < 1.29 is 8.83 Å². The molecule has 0 N–H and O–H groups in total. The predicted octanol–water partition coefficient (Wildman–Crippen LogP) is 15.8. The van der Waals surface area contributed by atoms with E-state index in [0.717, 1.165) is 60.9 Å². The first-order chi connectivity index (χ1) is 27.7. The van der Waals surface area contributed by atoms with E-state index in [2.05, 4.69) is 181 Å². The van der Waals surface area contributed by atoms with E-state index in [0.29, 0.717) is 0 Å². The molecule has 0 bridgehead atoms. The third-order valence-corrected chi connectivity index (χ3v) is 12.4. The van der Waals surface area contributed by atoms with Gasteiger partial charge in [0.25, 0.3) is 0 Å². The molecule has 56 heavy (non-hydrogen) atoms. The Labute approximate surface area is 325 Å². The molecule has 4 heteroatoms. The van der Waals surface area contributed by atoms with Crippen molar-refractivity contribution in [2.24, 2.45) is 0 Å². The van der Waals surface area contributed by atoms with E-state index in [1.165, 1.54) is 53.2 Å². The maximum atomic E-state index is 6.91. The molecule has 0 unspecified atom stereocenters. The van der Waals surface area contributed by atoms with Crippen molar-refractivity contribution in [1.29, 1.82) is 0 Å². The van der Waals surface area contributed by atoms with Crippen LogP contribution in [-0.2, 0) is 0 Å². The van der Waals surface area contributed by atoms with E-state index in [4.69, 9.17) is 8.83 Å². The van der Waals surface area contributed by atoms with Crippen LogP contribution in [0.1, 0.15) is 0 Å². The van der Waals surface area contributed by atoms with E-state index < -0.39 is 0 Å². The lowest BCUT2D eigenvalue weighted by molar-refractivity contribution is 0.669. The van der Waals surface area contributed by atoms with Crippen LogP contribution in [0.5, 0.6) is 0 Å². The molecule has 0 atom stereocenters. The Morgan fingerprint density at radius 1 is 0.321 bits per heavy atom. The molecule has 262 valence electrons. The van der Waals surface area contributed by atoms with E-state index in [1.807, 2.05) is 23.5 Å². The molecule has 0 saturated carbocycles. The first kappa shape index (κ1) is 31.2. The summed E-state index contributed by atoms with van der Waals surface area (Å²) in [5.74, 6) is 0. The summed E-state index contributed by atoms with van der Waals surface area (Å²) >= 11 is 1.85. The molecule has 3 heterocycles. The van der Waals surface area contributed by atoms with Gasteiger partial charge in [-0.15, -0.1) is 11.3 Å². The van der Waals surface area contributed by atoms with Gasteiger partial charge in [0.05, 0.1) is 0 Å². The zero-order valence-electron chi connectivity index (χ0n) is 30.1. The largest absolute Gasteiger partial charge is 0.456 e. The van der Waals surface area contributed by atoms with Gasteiger partial charge in [-0.2, -0.15) is 0 Å². The number of hydrogen-bond donors (Lipinski definition) is 0. The first-order valence-electron chi connectivity index (χ1n) is 18.9. The van der Waals surface area contributed by atoms with Crippen LogP contribution in [0, 0.1) is 0 Å². The van der Waals surface area contributed by atoms with E-state index in [-0.39, 0.29) is 0 Å². The number of anilines is 3. The minimum atomic E-state index is 0.842. The summed E-state index contributed by atoms with van der Waals surface area (Å²) in [6.45, 7) is 0. The molecular formula is C52H31NO2S. The molecule has 0 aliphatic rings. The third kappa shape index (κ3) is 4.76. The second-order valence-electron chi connectivity index (χ2n) is 14.4. The third-order valence-electron chi connectivity index (χ3n) is 11.3. The van der Waals surface area contributed by atoms with Gasteiger partial charge in [-0.25, -0.2) is 0 Å². The Balaban J connectivity index is 1.06. The average Bonchev–Trinajstić information content (AvgIpc) is 3.95. The molecule has 0 fully saturated rings. The number of rotatable bonds is 5. The Morgan fingerprint density at radius 2 is 0.911 bits per heavy atom. The van der Waals surface area contributed by atoms with Crippen LogP contribution in [0.15, 0.2) is 197 Å². The molecule has 3 aromatic heterocycles. The fraction of sp³-hybridized carbons (Fsp3) is 0. The van der Waals surface area contributed by atoms with Crippen molar-refractivity contribution >= 4 is 103 Å². The molecule has 0 aliphatic heterocycles. The summed E-state index contributed by atoms with van der Waals surface area (Å²) in [5, 5.41) is 9.44. The lowest BCUT2D eigenvalue weighted by atomic mass is 9.92. The Hall–Kier alpha value is -7.14. The van der Waals surface area contributed by atoms with Gasteiger partial charge < -0.3 is 13.7 Å². The van der Waals surface area contributed by atoms with Crippen LogP contribution in [0.2, 0.25) is 0 Å². The number of fused-ring (bicyclic) bond motifs is 11. The van der Waals surface area contributed by atoms with Crippen LogP contribution in [-0.4, -0.2) is 0 Å². The quantitative estimate of drug-likeness (QED) is 0.176. The minimum Gasteiger partial charge on any atom is -0.456 e. The van der Waals surface area contributed by atoms with Gasteiger partial charge in [-0.05, 0) is 93.7 Å². The minimum absolute atomic E-state index is 0.842. The normalized spacial score (nSPS) is 11.9. The number of para-hydroxylation sites is 1. The summed E-state index contributed by atoms with van der Waals surface area (Å²) in [4.78, 5) is 2.29. The van der Waals surface area contributed by atoms with Gasteiger partial charge in [0.1, 0.15) is 22.3 Å². The average molecular weight is 734 g/mol. The number of furan rings is 2. The zero-order valence-corrected chi connectivity index (χ0v) is 30.9. The van der Waals surface area contributed by atoms with Crippen molar-refractivity contribution in [2.75, 3.05) is 4.90 Å². The van der Waals surface area contributed by atoms with Gasteiger partial charge in [0, 0.05) is 70.9 Å². The van der Waals surface area contributed by atoms with Crippen LogP contribution < -0.4 is 4.90 Å².